The van der Waals surface area contributed by atoms with Crippen molar-refractivity contribution in [1.29, 1.82) is 0 Å². The third-order valence-corrected chi connectivity index (χ3v) is 5.24. The van der Waals surface area contributed by atoms with Crippen LogP contribution in [-0.4, -0.2) is 28.9 Å². The number of halogens is 1. The first-order valence-corrected chi connectivity index (χ1v) is 7.23. The molecule has 8 heteroatoms. The maximum Gasteiger partial charge on any atom is 0.269 e. The molecule has 1 aromatic rings. The van der Waals surface area contributed by atoms with E-state index in [2.05, 4.69) is 0 Å². The Kier molecular flexibility index (Phi) is 4.66. The van der Waals surface area contributed by atoms with E-state index in [1.54, 1.807) is 0 Å². The maximum absolute atomic E-state index is 11.5. The third kappa shape index (κ3) is 3.18. The molecule has 2 atom stereocenters. The molecule has 0 aromatic heterocycles. The van der Waals surface area contributed by atoms with Crippen molar-refractivity contribution in [2.45, 2.75) is 17.7 Å². The van der Waals surface area contributed by atoms with Gasteiger partial charge in [-0.1, -0.05) is 6.92 Å². The molecular formula is C10H12ClNO5S. The van der Waals surface area contributed by atoms with Gasteiger partial charge in [-0.15, -0.1) is 11.6 Å². The summed E-state index contributed by atoms with van der Waals surface area (Å²) in [4.78, 5) is 9.86. The highest BCUT2D eigenvalue weighted by molar-refractivity contribution is 7.93. The van der Waals surface area contributed by atoms with Crippen molar-refractivity contribution < 1.29 is 18.4 Å². The Morgan fingerprint density at radius 3 is 2.28 bits per heavy atom. The van der Waals surface area contributed by atoms with Crippen LogP contribution in [0.15, 0.2) is 24.3 Å². The van der Waals surface area contributed by atoms with Crippen LogP contribution in [0.5, 0.6) is 0 Å². The fourth-order valence-electron chi connectivity index (χ4n) is 1.30. The Morgan fingerprint density at radius 2 is 1.89 bits per heavy atom. The number of nitro benzene ring substituents is 1. The first kappa shape index (κ1) is 14.9. The van der Waals surface area contributed by atoms with Crippen LogP contribution < -0.4 is 0 Å². The number of sulfone groups is 1. The summed E-state index contributed by atoms with van der Waals surface area (Å²) >= 11 is 5.69. The van der Waals surface area contributed by atoms with Gasteiger partial charge in [-0.3, -0.25) is 10.1 Å². The fraction of sp³-hybridized carbons (Fsp3) is 0.400. The molecule has 0 saturated carbocycles. The number of aliphatic hydroxyl groups excluding tert-OH is 1. The molecule has 0 spiro atoms. The summed E-state index contributed by atoms with van der Waals surface area (Å²) in [7, 11) is -3.59. The van der Waals surface area contributed by atoms with Gasteiger partial charge in [0.2, 0.25) is 0 Å². The molecule has 0 heterocycles. The molecule has 0 bridgehead atoms. The van der Waals surface area contributed by atoms with Crippen LogP contribution in [-0.2, 0) is 9.84 Å². The molecule has 1 aromatic carbocycles. The highest BCUT2D eigenvalue weighted by Gasteiger charge is 2.30. The highest BCUT2D eigenvalue weighted by Crippen LogP contribution is 2.27. The average Bonchev–Trinajstić information content (AvgIpc) is 2.37. The van der Waals surface area contributed by atoms with E-state index in [1.807, 2.05) is 0 Å². The van der Waals surface area contributed by atoms with Crippen molar-refractivity contribution in [2.24, 2.45) is 0 Å². The van der Waals surface area contributed by atoms with E-state index < -0.39 is 25.6 Å². The van der Waals surface area contributed by atoms with Crippen LogP contribution in [0, 0.1) is 10.1 Å². The predicted octanol–water partition coefficient (Wildman–Crippen LogP) is 1.63. The number of rotatable bonds is 5. The molecule has 0 saturated heterocycles. The van der Waals surface area contributed by atoms with Gasteiger partial charge >= 0.3 is 0 Å². The van der Waals surface area contributed by atoms with E-state index in [0.29, 0.717) is 0 Å². The second-order valence-corrected chi connectivity index (χ2v) is 6.74. The number of hydrogen-bond donors (Lipinski definition) is 1. The lowest BCUT2D eigenvalue weighted by Gasteiger charge is -2.16. The van der Waals surface area contributed by atoms with Gasteiger partial charge in [-0.25, -0.2) is 8.42 Å². The molecule has 1 rings (SSSR count). The molecule has 0 unspecified atom stereocenters. The molecule has 0 radical (unpaired) electrons. The lowest BCUT2D eigenvalue weighted by atomic mass is 10.1. The smallest absolute Gasteiger partial charge is 0.269 e. The second kappa shape index (κ2) is 5.64. The van der Waals surface area contributed by atoms with E-state index in [9.17, 15) is 23.6 Å². The Hall–Kier alpha value is -1.18. The number of hydrogen-bond acceptors (Lipinski definition) is 5. The third-order valence-electron chi connectivity index (χ3n) is 2.44. The fourth-order valence-corrected chi connectivity index (χ4v) is 2.69. The van der Waals surface area contributed by atoms with Gasteiger partial charge in [-0.2, -0.15) is 0 Å². The van der Waals surface area contributed by atoms with Crippen LogP contribution in [0.3, 0.4) is 0 Å². The van der Waals surface area contributed by atoms with Crippen molar-refractivity contribution in [2.75, 3.05) is 5.75 Å². The maximum atomic E-state index is 11.5. The zero-order valence-electron chi connectivity index (χ0n) is 9.48. The predicted molar refractivity (Wildman–Crippen MR) is 67.2 cm³/mol. The van der Waals surface area contributed by atoms with Gasteiger partial charge in [0.25, 0.3) is 5.69 Å². The lowest BCUT2D eigenvalue weighted by Crippen LogP contribution is -2.24. The second-order valence-electron chi connectivity index (χ2n) is 3.60. The molecule has 0 aliphatic heterocycles. The number of nitro groups is 1. The van der Waals surface area contributed by atoms with Gasteiger partial charge in [-0.05, 0) is 17.7 Å². The number of non-ortho nitro benzene ring substituents is 1. The van der Waals surface area contributed by atoms with Crippen LogP contribution >= 0.6 is 11.6 Å². The lowest BCUT2D eigenvalue weighted by molar-refractivity contribution is -0.384. The minimum absolute atomic E-state index is 0.143. The minimum Gasteiger partial charge on any atom is -0.386 e. The quantitative estimate of drug-likeness (QED) is 0.505. The molecule has 0 aliphatic rings. The summed E-state index contributed by atoms with van der Waals surface area (Å²) in [5.74, 6) is -0.189. The topological polar surface area (TPSA) is 97.5 Å². The van der Waals surface area contributed by atoms with Crippen molar-refractivity contribution in [3.8, 4) is 0 Å². The van der Waals surface area contributed by atoms with Crippen LogP contribution in [0.25, 0.3) is 0 Å². The summed E-state index contributed by atoms with van der Waals surface area (Å²) in [5.41, 5.74) is 0.0769. The number of alkyl halides is 1. The zero-order chi connectivity index (χ0) is 13.9. The van der Waals surface area contributed by atoms with Crippen LogP contribution in [0.4, 0.5) is 5.69 Å². The first-order valence-electron chi connectivity index (χ1n) is 5.07. The van der Waals surface area contributed by atoms with Gasteiger partial charge in [0.15, 0.2) is 14.5 Å². The SMILES string of the molecule is CCS(=O)(=O)[C@@H](Cl)[C@@H](O)c1ccc([N+](=O)[O-])cc1. The van der Waals surface area contributed by atoms with E-state index in [0.717, 1.165) is 0 Å². The molecule has 0 amide bonds. The number of nitrogens with zero attached hydrogens (tertiary/aromatic N) is 1. The van der Waals surface area contributed by atoms with Crippen molar-refractivity contribution >= 4 is 27.1 Å². The Labute approximate surface area is 109 Å². The molecule has 1 N–H and O–H groups in total. The summed E-state index contributed by atoms with van der Waals surface area (Å²) in [5, 5.41) is 20.2. The summed E-state index contributed by atoms with van der Waals surface area (Å²) in [6.45, 7) is 1.42. The van der Waals surface area contributed by atoms with E-state index in [1.165, 1.54) is 31.2 Å². The molecule has 6 nitrogen and oxygen atoms in total. The summed E-state index contributed by atoms with van der Waals surface area (Å²) in [6, 6.07) is 4.92. The average molecular weight is 294 g/mol. The van der Waals surface area contributed by atoms with Crippen LogP contribution in [0.1, 0.15) is 18.6 Å². The van der Waals surface area contributed by atoms with E-state index in [-0.39, 0.29) is 17.0 Å². The van der Waals surface area contributed by atoms with Gasteiger partial charge in [0, 0.05) is 17.9 Å². The summed E-state index contributed by atoms with van der Waals surface area (Å²) < 4.78 is 21.5. The van der Waals surface area contributed by atoms with E-state index >= 15 is 0 Å². The minimum atomic E-state index is -3.59. The van der Waals surface area contributed by atoms with Crippen molar-refractivity contribution in [3.63, 3.8) is 0 Å². The molecular weight excluding hydrogens is 282 g/mol. The normalized spacial score (nSPS) is 15.1. The number of aliphatic hydroxyl groups is 1. The Morgan fingerprint density at radius 1 is 1.39 bits per heavy atom. The van der Waals surface area contributed by atoms with Crippen molar-refractivity contribution in [3.05, 3.63) is 39.9 Å². The van der Waals surface area contributed by atoms with Crippen molar-refractivity contribution in [1.82, 2.24) is 0 Å². The van der Waals surface area contributed by atoms with Gasteiger partial charge in [0.1, 0.15) is 6.10 Å². The standard InChI is InChI=1S/C10H12ClNO5S/c1-2-18(16,17)10(11)9(13)7-3-5-8(6-4-7)12(14)15/h3-6,9-10,13H,2H2,1H3/t9-,10+/m0/s1. The molecule has 18 heavy (non-hydrogen) atoms. The first-order chi connectivity index (χ1) is 8.29. The Bertz CT molecular complexity index is 528. The monoisotopic (exact) mass is 293 g/mol. The Balaban J connectivity index is 2.98. The van der Waals surface area contributed by atoms with Crippen LogP contribution in [0.2, 0.25) is 0 Å². The molecule has 0 fully saturated rings. The molecule has 0 aliphatic carbocycles. The molecule has 100 valence electrons. The summed E-state index contributed by atoms with van der Waals surface area (Å²) in [6.07, 6.45) is -1.42. The van der Waals surface area contributed by atoms with E-state index in [4.69, 9.17) is 11.6 Å². The zero-order valence-corrected chi connectivity index (χ0v) is 11.1. The largest absolute Gasteiger partial charge is 0.386 e. The van der Waals surface area contributed by atoms with Gasteiger partial charge < -0.3 is 5.11 Å². The number of benzene rings is 1. The van der Waals surface area contributed by atoms with Gasteiger partial charge in [0.05, 0.1) is 4.92 Å². The highest BCUT2D eigenvalue weighted by atomic mass is 35.5.